The predicted octanol–water partition coefficient (Wildman–Crippen LogP) is 5.40. The van der Waals surface area contributed by atoms with Gasteiger partial charge >= 0.3 is 12.3 Å². The summed E-state index contributed by atoms with van der Waals surface area (Å²) in [5.41, 5.74) is 0. The molecular formula is C15H23F5O. The van der Waals surface area contributed by atoms with Gasteiger partial charge in [-0.3, -0.25) is 0 Å². The van der Waals surface area contributed by atoms with E-state index >= 15 is 0 Å². The third kappa shape index (κ3) is 4.08. The topological polar surface area (TPSA) is 9.23 Å². The zero-order chi connectivity index (χ0) is 15.7. The maximum Gasteiger partial charge on any atom is 0.391 e. The summed E-state index contributed by atoms with van der Waals surface area (Å²) in [6.45, 7) is 1.79. The highest BCUT2D eigenvalue weighted by molar-refractivity contribution is 4.90. The Bertz CT molecular complexity index is 341. The molecule has 2 fully saturated rings. The highest BCUT2D eigenvalue weighted by atomic mass is 19.4. The van der Waals surface area contributed by atoms with Crippen LogP contribution in [0.5, 0.6) is 0 Å². The molecule has 0 spiro atoms. The lowest BCUT2D eigenvalue weighted by atomic mass is 9.64. The highest BCUT2D eigenvalue weighted by Crippen LogP contribution is 2.51. The van der Waals surface area contributed by atoms with Crippen molar-refractivity contribution in [1.82, 2.24) is 0 Å². The van der Waals surface area contributed by atoms with Crippen molar-refractivity contribution in [2.24, 2.45) is 23.7 Å². The second-order valence-electron chi connectivity index (χ2n) is 6.49. The lowest BCUT2D eigenvalue weighted by Gasteiger charge is -2.43. The molecule has 2 aliphatic carbocycles. The zero-order valence-corrected chi connectivity index (χ0v) is 12.3. The number of alkyl halides is 5. The molecule has 124 valence electrons. The molecule has 0 aromatic heterocycles. The first-order valence-corrected chi connectivity index (χ1v) is 7.82. The smallest absolute Gasteiger partial charge is 0.320 e. The molecule has 2 rings (SSSR count). The van der Waals surface area contributed by atoms with Gasteiger partial charge in [0.05, 0.1) is 18.4 Å². The van der Waals surface area contributed by atoms with E-state index in [0.29, 0.717) is 25.7 Å². The van der Waals surface area contributed by atoms with Gasteiger partial charge in [0.2, 0.25) is 0 Å². The Kier molecular flexibility index (Phi) is 5.16. The average molecular weight is 314 g/mol. The second-order valence-corrected chi connectivity index (χ2v) is 6.49. The summed E-state index contributed by atoms with van der Waals surface area (Å²) in [5, 5.41) is 0. The lowest BCUT2D eigenvalue weighted by Crippen LogP contribution is -2.41. The van der Waals surface area contributed by atoms with E-state index in [9.17, 15) is 22.0 Å². The van der Waals surface area contributed by atoms with Crippen LogP contribution < -0.4 is 0 Å². The van der Waals surface area contributed by atoms with Crippen LogP contribution in [0.4, 0.5) is 22.0 Å². The van der Waals surface area contributed by atoms with E-state index < -0.39 is 24.1 Å². The summed E-state index contributed by atoms with van der Waals surface area (Å²) in [5.74, 6) is -2.14. The fraction of sp³-hybridized carbons (Fsp3) is 1.00. The van der Waals surface area contributed by atoms with Crippen molar-refractivity contribution < 1.29 is 26.7 Å². The molecular weight excluding hydrogens is 291 g/mol. The largest absolute Gasteiger partial charge is 0.391 e. The molecule has 0 aliphatic heterocycles. The van der Waals surface area contributed by atoms with Gasteiger partial charge in [-0.15, -0.1) is 0 Å². The van der Waals surface area contributed by atoms with Gasteiger partial charge in [0, 0.05) is 0 Å². The number of ether oxygens (including phenoxy) is 1. The van der Waals surface area contributed by atoms with Crippen LogP contribution in [0, 0.1) is 23.7 Å². The van der Waals surface area contributed by atoms with Crippen molar-refractivity contribution in [3.05, 3.63) is 0 Å². The first-order chi connectivity index (χ1) is 9.74. The van der Waals surface area contributed by atoms with Crippen LogP contribution in [0.15, 0.2) is 0 Å². The van der Waals surface area contributed by atoms with E-state index in [4.69, 9.17) is 0 Å². The molecule has 4 atom stereocenters. The molecule has 0 radical (unpaired) electrons. The van der Waals surface area contributed by atoms with Crippen LogP contribution in [-0.4, -0.2) is 18.9 Å². The van der Waals surface area contributed by atoms with Crippen molar-refractivity contribution in [3.63, 3.8) is 0 Å². The minimum Gasteiger partial charge on any atom is -0.320 e. The fourth-order valence-electron chi connectivity index (χ4n) is 3.85. The Balaban J connectivity index is 1.91. The van der Waals surface area contributed by atoms with E-state index in [0.717, 1.165) is 0 Å². The van der Waals surface area contributed by atoms with Crippen LogP contribution in [-0.2, 0) is 4.74 Å². The van der Waals surface area contributed by atoms with Crippen molar-refractivity contribution in [2.45, 2.75) is 64.2 Å². The van der Waals surface area contributed by atoms with Crippen LogP contribution in [0.25, 0.3) is 0 Å². The maximum atomic E-state index is 13.9. The van der Waals surface area contributed by atoms with Gasteiger partial charge in [-0.05, 0) is 56.8 Å². The van der Waals surface area contributed by atoms with Crippen molar-refractivity contribution in [3.8, 4) is 0 Å². The first kappa shape index (κ1) is 17.0. The molecule has 2 aliphatic rings. The minimum atomic E-state index is -4.14. The van der Waals surface area contributed by atoms with Crippen LogP contribution >= 0.6 is 0 Å². The number of hydrogen-bond acceptors (Lipinski definition) is 1. The molecule has 0 bridgehead atoms. The number of fused-ring (bicyclic) bond motifs is 1. The monoisotopic (exact) mass is 314 g/mol. The molecule has 0 aromatic carbocycles. The second kappa shape index (κ2) is 6.39. The van der Waals surface area contributed by atoms with Gasteiger partial charge < -0.3 is 4.74 Å². The van der Waals surface area contributed by atoms with Gasteiger partial charge in [0.25, 0.3) is 0 Å². The zero-order valence-electron chi connectivity index (χ0n) is 12.3. The summed E-state index contributed by atoms with van der Waals surface area (Å²) >= 11 is 0. The van der Waals surface area contributed by atoms with Gasteiger partial charge in [-0.1, -0.05) is 6.92 Å². The van der Waals surface area contributed by atoms with Gasteiger partial charge in [0.1, 0.15) is 0 Å². The quantitative estimate of drug-likeness (QED) is 0.631. The molecule has 1 nitrogen and oxygen atoms in total. The molecule has 21 heavy (non-hydrogen) atoms. The fourth-order valence-corrected chi connectivity index (χ4v) is 3.85. The Morgan fingerprint density at radius 3 is 1.90 bits per heavy atom. The Hall–Kier alpha value is -0.390. The third-order valence-corrected chi connectivity index (χ3v) is 5.05. The summed E-state index contributed by atoms with van der Waals surface area (Å²) in [7, 11) is 0. The molecule has 0 amide bonds. The van der Waals surface area contributed by atoms with Crippen LogP contribution in [0.1, 0.15) is 51.9 Å². The number of halogens is 5. The number of rotatable bonds is 4. The average Bonchev–Trinajstić information content (AvgIpc) is 2.43. The molecule has 0 heterocycles. The van der Waals surface area contributed by atoms with Crippen LogP contribution in [0.2, 0.25) is 0 Å². The maximum absolute atomic E-state index is 13.9. The van der Waals surface area contributed by atoms with Gasteiger partial charge in [-0.25, -0.2) is 0 Å². The normalized spacial score (nSPS) is 34.6. The van der Waals surface area contributed by atoms with E-state index in [-0.39, 0.29) is 37.7 Å². The molecule has 4 unspecified atom stereocenters. The van der Waals surface area contributed by atoms with E-state index in [1.807, 2.05) is 0 Å². The Morgan fingerprint density at radius 2 is 1.38 bits per heavy atom. The minimum absolute atomic E-state index is 0.00143. The standard InChI is InChI=1S/C15H23F5O/c1-2-7-21-15(19,20)13-6-4-10-8-12(14(16,17)18)5-3-11(10)9-13/h10-13H,2-9H2,1H3. The van der Waals surface area contributed by atoms with E-state index in [1.54, 1.807) is 6.92 Å². The summed E-state index contributed by atoms with van der Waals surface area (Å²) in [6.07, 6.45) is -5.11. The van der Waals surface area contributed by atoms with E-state index in [1.165, 1.54) is 0 Å². The molecule has 6 heteroatoms. The lowest BCUT2D eigenvalue weighted by molar-refractivity contribution is -0.282. The Morgan fingerprint density at radius 1 is 0.857 bits per heavy atom. The summed E-state index contributed by atoms with van der Waals surface area (Å²) in [4.78, 5) is 0. The first-order valence-electron chi connectivity index (χ1n) is 7.82. The van der Waals surface area contributed by atoms with Crippen molar-refractivity contribution in [2.75, 3.05) is 6.61 Å². The SMILES string of the molecule is CCCOC(F)(F)C1CCC2CC(C(F)(F)F)CCC2C1. The van der Waals surface area contributed by atoms with E-state index in [2.05, 4.69) is 4.74 Å². The number of hydrogen-bond donors (Lipinski definition) is 0. The Labute approximate surface area is 122 Å². The van der Waals surface area contributed by atoms with Gasteiger partial charge in [0.15, 0.2) is 0 Å². The van der Waals surface area contributed by atoms with Gasteiger partial charge in [-0.2, -0.15) is 22.0 Å². The summed E-state index contributed by atoms with van der Waals surface area (Å²) in [6, 6.07) is 0. The van der Waals surface area contributed by atoms with Crippen LogP contribution in [0.3, 0.4) is 0 Å². The third-order valence-electron chi connectivity index (χ3n) is 5.05. The van der Waals surface area contributed by atoms with Crippen molar-refractivity contribution in [1.29, 1.82) is 0 Å². The molecule has 0 N–H and O–H groups in total. The predicted molar refractivity (Wildman–Crippen MR) is 68.9 cm³/mol. The summed E-state index contributed by atoms with van der Waals surface area (Å²) < 4.78 is 70.8. The molecule has 0 saturated heterocycles. The molecule has 0 aromatic rings. The van der Waals surface area contributed by atoms with Crippen molar-refractivity contribution >= 4 is 0 Å². The molecule has 2 saturated carbocycles. The highest BCUT2D eigenvalue weighted by Gasteiger charge is 2.50.